The molecule has 0 saturated heterocycles. The summed E-state index contributed by atoms with van der Waals surface area (Å²) in [7, 11) is 0. The predicted molar refractivity (Wildman–Crippen MR) is 130 cm³/mol. The van der Waals surface area contributed by atoms with Gasteiger partial charge in [0.15, 0.2) is 5.75 Å². The number of nitrogens with zero attached hydrogens (tertiary/aromatic N) is 2. The van der Waals surface area contributed by atoms with Gasteiger partial charge in [0, 0.05) is 11.1 Å². The normalized spacial score (nSPS) is 11.2. The number of aromatic hydroxyl groups is 1. The predicted octanol–water partition coefficient (Wildman–Crippen LogP) is 8.08. The molecule has 0 unspecified atom stereocenters. The molecule has 0 aliphatic rings. The van der Waals surface area contributed by atoms with Crippen molar-refractivity contribution in [1.29, 1.82) is 0 Å². The lowest BCUT2D eigenvalue weighted by Gasteiger charge is -2.13. The van der Waals surface area contributed by atoms with Gasteiger partial charge in [-0.1, -0.05) is 72.6 Å². The van der Waals surface area contributed by atoms with Crippen molar-refractivity contribution in [3.05, 3.63) is 94.0 Å². The van der Waals surface area contributed by atoms with Crippen LogP contribution in [-0.4, -0.2) is 11.0 Å². The second-order valence-electron chi connectivity index (χ2n) is 7.11. The number of benzene rings is 4. The third-order valence-electron chi connectivity index (χ3n) is 5.05. The summed E-state index contributed by atoms with van der Waals surface area (Å²) in [5.41, 5.74) is 2.47. The SMILES string of the molecule is CCc1ccccc1NC(=O)c1cc2ccccc2c(N=Nc2ccc(Cl)c(Cl)c2)c1O. The maximum atomic E-state index is 13.1. The van der Waals surface area contributed by atoms with Gasteiger partial charge in [-0.05, 0) is 47.7 Å². The molecule has 5 nitrogen and oxygen atoms in total. The molecule has 0 aromatic heterocycles. The number of phenolic OH excluding ortho intramolecular Hbond substituents is 1. The van der Waals surface area contributed by atoms with Gasteiger partial charge >= 0.3 is 0 Å². The molecule has 4 aromatic rings. The van der Waals surface area contributed by atoms with Gasteiger partial charge in [0.25, 0.3) is 5.91 Å². The van der Waals surface area contributed by atoms with Crippen LogP contribution in [0.5, 0.6) is 5.75 Å². The number of rotatable bonds is 5. The first kappa shape index (κ1) is 21.8. The van der Waals surface area contributed by atoms with Crippen molar-refractivity contribution >= 4 is 56.9 Å². The first-order valence-electron chi connectivity index (χ1n) is 9.98. The van der Waals surface area contributed by atoms with E-state index in [4.69, 9.17) is 23.2 Å². The number of fused-ring (bicyclic) bond motifs is 1. The van der Waals surface area contributed by atoms with E-state index in [2.05, 4.69) is 15.5 Å². The summed E-state index contributed by atoms with van der Waals surface area (Å²) < 4.78 is 0. The molecular weight excluding hydrogens is 445 g/mol. The van der Waals surface area contributed by atoms with E-state index in [1.807, 2.05) is 55.5 Å². The zero-order chi connectivity index (χ0) is 22.7. The Morgan fingerprint density at radius 3 is 2.47 bits per heavy atom. The second kappa shape index (κ2) is 9.39. The minimum atomic E-state index is -0.430. The van der Waals surface area contributed by atoms with Crippen molar-refractivity contribution in [2.45, 2.75) is 13.3 Å². The minimum Gasteiger partial charge on any atom is -0.505 e. The molecule has 0 spiro atoms. The van der Waals surface area contributed by atoms with Gasteiger partial charge in [0.2, 0.25) is 0 Å². The summed E-state index contributed by atoms with van der Waals surface area (Å²) >= 11 is 12.0. The van der Waals surface area contributed by atoms with E-state index in [0.29, 0.717) is 26.8 Å². The molecular formula is C25H19Cl2N3O2. The number of anilines is 1. The van der Waals surface area contributed by atoms with Gasteiger partial charge in [0.1, 0.15) is 5.69 Å². The van der Waals surface area contributed by atoms with Crippen molar-refractivity contribution < 1.29 is 9.90 Å². The fourth-order valence-electron chi connectivity index (χ4n) is 3.39. The number of aryl methyl sites for hydroxylation is 1. The Labute approximate surface area is 195 Å². The van der Waals surface area contributed by atoms with E-state index in [-0.39, 0.29) is 17.0 Å². The number of carbonyl (C=O) groups excluding carboxylic acids is 1. The van der Waals surface area contributed by atoms with Gasteiger partial charge in [-0.25, -0.2) is 0 Å². The lowest BCUT2D eigenvalue weighted by atomic mass is 10.0. The third-order valence-corrected chi connectivity index (χ3v) is 5.79. The first-order chi connectivity index (χ1) is 15.5. The molecule has 0 aliphatic carbocycles. The molecule has 4 rings (SSSR count). The average molecular weight is 464 g/mol. The van der Waals surface area contributed by atoms with E-state index in [9.17, 15) is 9.90 Å². The van der Waals surface area contributed by atoms with Crippen molar-refractivity contribution in [2.24, 2.45) is 10.2 Å². The van der Waals surface area contributed by atoms with Gasteiger partial charge in [-0.3, -0.25) is 4.79 Å². The smallest absolute Gasteiger partial charge is 0.259 e. The zero-order valence-corrected chi connectivity index (χ0v) is 18.7. The average Bonchev–Trinajstić information content (AvgIpc) is 2.80. The zero-order valence-electron chi connectivity index (χ0n) is 17.1. The molecule has 2 N–H and O–H groups in total. The number of hydrogen-bond donors (Lipinski definition) is 2. The van der Waals surface area contributed by atoms with Crippen LogP contribution in [0.1, 0.15) is 22.8 Å². The number of hydrogen-bond acceptors (Lipinski definition) is 4. The molecule has 0 bridgehead atoms. The Hall–Kier alpha value is -3.41. The topological polar surface area (TPSA) is 74.0 Å². The Morgan fingerprint density at radius 1 is 0.938 bits per heavy atom. The maximum absolute atomic E-state index is 13.1. The highest BCUT2D eigenvalue weighted by Gasteiger charge is 2.19. The number of halogens is 2. The van der Waals surface area contributed by atoms with Crippen LogP contribution in [0.25, 0.3) is 10.8 Å². The third kappa shape index (κ3) is 4.44. The molecule has 0 radical (unpaired) electrons. The van der Waals surface area contributed by atoms with Crippen molar-refractivity contribution in [3.8, 4) is 5.75 Å². The van der Waals surface area contributed by atoms with Crippen LogP contribution in [-0.2, 0) is 6.42 Å². The molecule has 0 saturated carbocycles. The van der Waals surface area contributed by atoms with E-state index in [0.717, 1.165) is 17.4 Å². The van der Waals surface area contributed by atoms with E-state index in [1.165, 1.54) is 0 Å². The van der Waals surface area contributed by atoms with E-state index in [1.54, 1.807) is 24.3 Å². The van der Waals surface area contributed by atoms with E-state index >= 15 is 0 Å². The molecule has 7 heteroatoms. The van der Waals surface area contributed by atoms with Crippen LogP contribution in [0.4, 0.5) is 17.1 Å². The second-order valence-corrected chi connectivity index (χ2v) is 7.92. The molecule has 0 heterocycles. The minimum absolute atomic E-state index is 0.109. The highest BCUT2D eigenvalue weighted by atomic mass is 35.5. The fourth-order valence-corrected chi connectivity index (χ4v) is 3.68. The van der Waals surface area contributed by atoms with Crippen LogP contribution in [0, 0.1) is 0 Å². The molecule has 1 amide bonds. The number of para-hydroxylation sites is 1. The Morgan fingerprint density at radius 2 is 1.69 bits per heavy atom. The summed E-state index contributed by atoms with van der Waals surface area (Å²) in [5, 5.41) is 24.5. The summed E-state index contributed by atoms with van der Waals surface area (Å²) in [6.07, 6.45) is 0.767. The molecule has 160 valence electrons. The van der Waals surface area contributed by atoms with Gasteiger partial charge in [0.05, 0.1) is 21.3 Å². The van der Waals surface area contributed by atoms with Crippen LogP contribution in [0.15, 0.2) is 83.0 Å². The molecule has 0 fully saturated rings. The number of amides is 1. The summed E-state index contributed by atoms with van der Waals surface area (Å²) in [6.45, 7) is 2.01. The maximum Gasteiger partial charge on any atom is 0.259 e. The van der Waals surface area contributed by atoms with E-state index < -0.39 is 5.91 Å². The van der Waals surface area contributed by atoms with Crippen molar-refractivity contribution in [2.75, 3.05) is 5.32 Å². The molecule has 0 aliphatic heterocycles. The summed E-state index contributed by atoms with van der Waals surface area (Å²) in [5.74, 6) is -0.681. The largest absolute Gasteiger partial charge is 0.505 e. The van der Waals surface area contributed by atoms with Gasteiger partial charge in [-0.2, -0.15) is 5.11 Å². The van der Waals surface area contributed by atoms with Crippen molar-refractivity contribution in [3.63, 3.8) is 0 Å². The number of carbonyl (C=O) groups is 1. The van der Waals surface area contributed by atoms with Gasteiger partial charge in [-0.15, -0.1) is 5.11 Å². The lowest BCUT2D eigenvalue weighted by molar-refractivity contribution is 0.102. The monoisotopic (exact) mass is 463 g/mol. The molecule has 4 aromatic carbocycles. The Bertz CT molecular complexity index is 1350. The molecule has 32 heavy (non-hydrogen) atoms. The van der Waals surface area contributed by atoms with Crippen molar-refractivity contribution in [1.82, 2.24) is 0 Å². The number of azo groups is 1. The Balaban J connectivity index is 1.77. The first-order valence-corrected chi connectivity index (χ1v) is 10.7. The Kier molecular flexibility index (Phi) is 6.40. The summed E-state index contributed by atoms with van der Waals surface area (Å²) in [6, 6.07) is 21.4. The summed E-state index contributed by atoms with van der Waals surface area (Å²) in [4.78, 5) is 13.1. The molecule has 0 atom stereocenters. The quantitative estimate of drug-likeness (QED) is 0.293. The van der Waals surface area contributed by atoms with Gasteiger partial charge < -0.3 is 10.4 Å². The van der Waals surface area contributed by atoms with Crippen LogP contribution < -0.4 is 5.32 Å². The highest BCUT2D eigenvalue weighted by Crippen LogP contribution is 2.40. The van der Waals surface area contributed by atoms with Crippen LogP contribution in [0.3, 0.4) is 0 Å². The van der Waals surface area contributed by atoms with Crippen LogP contribution in [0.2, 0.25) is 10.0 Å². The fraction of sp³-hybridized carbons (Fsp3) is 0.0800. The standard InChI is InChI=1S/C25H19Cl2N3O2/c1-2-15-7-4-6-10-22(15)28-25(32)19-13-16-8-3-5-9-18(16)23(24(19)31)30-29-17-11-12-20(26)21(27)14-17/h3-14,31H,2H2,1H3,(H,28,32). The lowest BCUT2D eigenvalue weighted by Crippen LogP contribution is -2.13. The van der Waals surface area contributed by atoms with Crippen LogP contribution >= 0.6 is 23.2 Å². The number of phenols is 1. The highest BCUT2D eigenvalue weighted by molar-refractivity contribution is 6.42. The number of nitrogens with one attached hydrogen (secondary N) is 1.